The molecule has 0 aliphatic carbocycles. The molecule has 12 nitrogen and oxygen atoms in total. The number of carbonyl (C=O) groups is 3. The molecule has 1 aromatic carbocycles. The highest BCUT2D eigenvalue weighted by molar-refractivity contribution is 6.10. The lowest BCUT2D eigenvalue weighted by atomic mass is 9.82. The molecule has 3 amide bonds. The SMILES string of the molecule is Nc1cccc2c1C(N)(N)N(C1C(=O)NC(=O)C(N)(N)C1(N)N)C2=O. The third kappa shape index (κ3) is 1.94. The number of nitrogens with zero attached hydrogens (tertiary/aromatic N) is 1. The molecule has 0 radical (unpaired) electrons. The summed E-state index contributed by atoms with van der Waals surface area (Å²) in [6.07, 6.45) is 0. The van der Waals surface area contributed by atoms with E-state index in [4.69, 9.17) is 40.1 Å². The minimum absolute atomic E-state index is 0.0742. The van der Waals surface area contributed by atoms with Gasteiger partial charge in [-0.1, -0.05) is 6.07 Å². The van der Waals surface area contributed by atoms with Crippen LogP contribution in [0, 0.1) is 0 Å². The zero-order valence-corrected chi connectivity index (χ0v) is 13.0. The molecule has 1 aromatic rings. The topological polar surface area (TPSA) is 249 Å². The lowest BCUT2D eigenvalue weighted by molar-refractivity contribution is -0.149. The first-order valence-electron chi connectivity index (χ1n) is 7.16. The number of hydrogen-bond acceptors (Lipinski definition) is 10. The van der Waals surface area contributed by atoms with E-state index in [2.05, 4.69) is 0 Å². The molecule has 0 spiro atoms. The van der Waals surface area contributed by atoms with Gasteiger partial charge in [0.1, 0.15) is 11.7 Å². The van der Waals surface area contributed by atoms with Crippen molar-refractivity contribution in [3.05, 3.63) is 29.3 Å². The van der Waals surface area contributed by atoms with Crippen molar-refractivity contribution in [3.63, 3.8) is 0 Å². The van der Waals surface area contributed by atoms with Crippen molar-refractivity contribution in [2.45, 2.75) is 23.2 Å². The molecular weight excluding hydrogens is 330 g/mol. The van der Waals surface area contributed by atoms with Crippen LogP contribution in [-0.2, 0) is 15.4 Å². The zero-order chi connectivity index (χ0) is 18.9. The van der Waals surface area contributed by atoms with E-state index in [1.807, 2.05) is 5.32 Å². The molecule has 0 saturated carbocycles. The van der Waals surface area contributed by atoms with Crippen molar-refractivity contribution in [3.8, 4) is 0 Å². The Bertz CT molecular complexity index is 817. The van der Waals surface area contributed by atoms with Gasteiger partial charge in [-0.15, -0.1) is 0 Å². The molecule has 15 N–H and O–H groups in total. The van der Waals surface area contributed by atoms with Crippen molar-refractivity contribution in [1.29, 1.82) is 0 Å². The number of nitrogen functional groups attached to an aromatic ring is 1. The number of carbonyl (C=O) groups excluding carboxylic acids is 3. The Morgan fingerprint density at radius 2 is 1.60 bits per heavy atom. The number of amides is 3. The fourth-order valence-corrected chi connectivity index (χ4v) is 3.20. The van der Waals surface area contributed by atoms with Crippen LogP contribution >= 0.6 is 0 Å². The monoisotopic (exact) mass is 349 g/mol. The largest absolute Gasteiger partial charge is 0.398 e. The molecule has 3 rings (SSSR count). The van der Waals surface area contributed by atoms with E-state index >= 15 is 0 Å². The smallest absolute Gasteiger partial charge is 0.264 e. The van der Waals surface area contributed by atoms with Crippen molar-refractivity contribution < 1.29 is 14.4 Å². The third-order valence-electron chi connectivity index (χ3n) is 4.63. The lowest BCUT2D eigenvalue weighted by Crippen LogP contribution is -2.92. The van der Waals surface area contributed by atoms with Gasteiger partial charge in [0, 0.05) is 11.3 Å². The average Bonchev–Trinajstić information content (AvgIpc) is 2.67. The summed E-state index contributed by atoms with van der Waals surface area (Å²) in [4.78, 5) is 37.9. The first-order chi connectivity index (χ1) is 11.3. The highest BCUT2D eigenvalue weighted by Gasteiger charge is 2.65. The van der Waals surface area contributed by atoms with Gasteiger partial charge < -0.3 is 28.7 Å². The second-order valence-corrected chi connectivity index (χ2v) is 6.29. The zero-order valence-electron chi connectivity index (χ0n) is 13.0. The van der Waals surface area contributed by atoms with Crippen molar-refractivity contribution in [1.82, 2.24) is 10.2 Å². The molecule has 2 aliphatic heterocycles. The standard InChI is InChI=1S/C13H19N9O3/c14-5-3-1-2-4-6(5)13(19,20)22(9(4)24)7-8(23)21-10(25)12(17,18)11(7,15)16/h1-3,7H,14-20H2,(H,21,23,25). The van der Waals surface area contributed by atoms with E-state index in [1.54, 1.807) is 0 Å². The molecule has 1 atom stereocenters. The first-order valence-corrected chi connectivity index (χ1v) is 7.16. The van der Waals surface area contributed by atoms with Gasteiger partial charge >= 0.3 is 0 Å². The summed E-state index contributed by atoms with van der Waals surface area (Å²) in [5.41, 5.74) is 36.9. The fraction of sp³-hybridized carbons (Fsp3) is 0.308. The molecule has 0 aromatic heterocycles. The maximum atomic E-state index is 12.8. The molecule has 1 unspecified atom stereocenters. The van der Waals surface area contributed by atoms with Crippen LogP contribution in [0.4, 0.5) is 5.69 Å². The molecule has 1 saturated heterocycles. The van der Waals surface area contributed by atoms with E-state index in [0.717, 1.165) is 4.90 Å². The van der Waals surface area contributed by atoms with Gasteiger partial charge in [-0.05, 0) is 12.1 Å². The lowest BCUT2D eigenvalue weighted by Gasteiger charge is -2.51. The summed E-state index contributed by atoms with van der Waals surface area (Å²) < 4.78 is 0. The van der Waals surface area contributed by atoms with Crippen LogP contribution in [0.3, 0.4) is 0 Å². The predicted molar refractivity (Wildman–Crippen MR) is 86.2 cm³/mol. The quantitative estimate of drug-likeness (QED) is 0.136. The molecule has 0 bridgehead atoms. The number of benzene rings is 1. The minimum Gasteiger partial charge on any atom is -0.398 e. The van der Waals surface area contributed by atoms with Gasteiger partial charge in [0.25, 0.3) is 17.7 Å². The third-order valence-corrected chi connectivity index (χ3v) is 4.63. The average molecular weight is 349 g/mol. The number of nitrogens with two attached hydrogens (primary N) is 7. The summed E-state index contributed by atoms with van der Waals surface area (Å²) in [6, 6.07) is 2.71. The Labute approximate surface area is 141 Å². The normalized spacial score (nSPS) is 26.4. The molecule has 1 fully saturated rings. The summed E-state index contributed by atoms with van der Waals surface area (Å²) in [6.45, 7) is 0. The second-order valence-electron chi connectivity index (χ2n) is 6.29. The first kappa shape index (κ1) is 17.2. The predicted octanol–water partition coefficient (Wildman–Crippen LogP) is -5.00. The van der Waals surface area contributed by atoms with Crippen LogP contribution < -0.4 is 45.5 Å². The number of fused-ring (bicyclic) bond motifs is 1. The maximum absolute atomic E-state index is 12.8. The van der Waals surface area contributed by atoms with Crippen LogP contribution in [0.5, 0.6) is 0 Å². The molecule has 12 heteroatoms. The fourth-order valence-electron chi connectivity index (χ4n) is 3.20. The van der Waals surface area contributed by atoms with E-state index in [1.165, 1.54) is 18.2 Å². The Kier molecular flexibility index (Phi) is 3.25. The molecule has 25 heavy (non-hydrogen) atoms. The molecule has 2 heterocycles. The van der Waals surface area contributed by atoms with Gasteiger partial charge in [-0.2, -0.15) is 0 Å². The molecule has 2 aliphatic rings. The van der Waals surface area contributed by atoms with Crippen LogP contribution in [-0.4, -0.2) is 40.0 Å². The van der Waals surface area contributed by atoms with Gasteiger partial charge in [-0.3, -0.25) is 36.1 Å². The van der Waals surface area contributed by atoms with Crippen LogP contribution in [0.25, 0.3) is 0 Å². The van der Waals surface area contributed by atoms with Crippen LogP contribution in [0.2, 0.25) is 0 Å². The van der Waals surface area contributed by atoms with Crippen LogP contribution in [0.1, 0.15) is 15.9 Å². The number of rotatable bonds is 1. The van der Waals surface area contributed by atoms with Gasteiger partial charge in [0.05, 0.1) is 5.56 Å². The van der Waals surface area contributed by atoms with E-state index in [-0.39, 0.29) is 16.8 Å². The Morgan fingerprint density at radius 3 is 2.16 bits per heavy atom. The van der Waals surface area contributed by atoms with Crippen molar-refractivity contribution in [2.75, 3.05) is 5.73 Å². The van der Waals surface area contributed by atoms with E-state index in [9.17, 15) is 14.4 Å². The summed E-state index contributed by atoms with van der Waals surface area (Å²) in [5, 5.41) is 1.93. The van der Waals surface area contributed by atoms with E-state index < -0.39 is 40.9 Å². The summed E-state index contributed by atoms with van der Waals surface area (Å²) in [5.74, 6) is -4.89. The second kappa shape index (κ2) is 4.72. The summed E-state index contributed by atoms with van der Waals surface area (Å²) >= 11 is 0. The Morgan fingerprint density at radius 1 is 1.00 bits per heavy atom. The number of anilines is 1. The highest BCUT2D eigenvalue weighted by Crippen LogP contribution is 2.39. The van der Waals surface area contributed by atoms with Gasteiger partial charge in [-0.25, -0.2) is 0 Å². The highest BCUT2D eigenvalue weighted by atomic mass is 16.2. The number of piperidine rings is 1. The van der Waals surface area contributed by atoms with Gasteiger partial charge in [0.15, 0.2) is 11.4 Å². The summed E-state index contributed by atoms with van der Waals surface area (Å²) in [7, 11) is 0. The molecule has 134 valence electrons. The molecular formula is C13H19N9O3. The van der Waals surface area contributed by atoms with Crippen LogP contribution in [0.15, 0.2) is 18.2 Å². The number of imide groups is 1. The minimum atomic E-state index is -2.37. The van der Waals surface area contributed by atoms with Crippen molar-refractivity contribution >= 4 is 23.4 Å². The maximum Gasteiger partial charge on any atom is 0.264 e. The van der Waals surface area contributed by atoms with Crippen molar-refractivity contribution in [2.24, 2.45) is 34.4 Å². The van der Waals surface area contributed by atoms with E-state index in [0.29, 0.717) is 0 Å². The van der Waals surface area contributed by atoms with Gasteiger partial charge in [0.2, 0.25) is 0 Å². The Balaban J connectivity index is 2.20. The number of nitrogens with one attached hydrogen (secondary N) is 1. The number of hydrogen-bond donors (Lipinski definition) is 8. The Hall–Kier alpha value is -2.61.